The van der Waals surface area contributed by atoms with Crippen LogP contribution in [0.2, 0.25) is 0 Å². The van der Waals surface area contributed by atoms with Crippen molar-refractivity contribution in [2.24, 2.45) is 16.9 Å². The molecular formula is C81H87N13O3. The number of hydrogen-bond acceptors (Lipinski definition) is 12. The Morgan fingerprint density at radius 3 is 1.52 bits per heavy atom. The first-order valence-electron chi connectivity index (χ1n) is 34.4. The lowest BCUT2D eigenvalue weighted by molar-refractivity contribution is -0.123. The molecule has 6 fully saturated rings. The number of aromatic nitrogens is 8. The number of nitrogens with two attached hydrogens (primary N) is 3. The van der Waals surface area contributed by atoms with E-state index in [1.54, 1.807) is 0 Å². The number of benzene rings is 7. The standard InChI is InChI=1S/C34H29N5O.C30H35N7O.C17H23NO/c1-35-31-24-30(29(22-23-40)25-14-6-2-7-15-25)32-33(36-31)39(38-37-32)34(26-16-8-3-9-17-26,27-18-10-4-11-19-27)28-20-12-5-13-21-28;31-25-19-24(27-28(33-25)35-36-34-27)23(21-7-3-1-4-8-21)11-18-37(20-26(32)38)30-15-12-29(13-16-30,14-17-30)22-9-5-2-6-10-22;18-15(19)6-7-16-8-11-17(12-9-16,13-10-16)14-4-2-1-3-5-14/h2-21,23-24,29H,22H2,1H3,(H,35,36);1-10,19,23H,11-18,20H2,(H2,32,38)(H3,31,33,34,35,36);1-5H,6-13H2,(H2,18,19)/t29-;23-,29?,30?;/m11./s1. The molecule has 7 aromatic carbocycles. The van der Waals surface area contributed by atoms with E-state index in [4.69, 9.17) is 32.5 Å². The van der Waals surface area contributed by atoms with Gasteiger partial charge in [-0.25, -0.2) is 14.6 Å². The van der Waals surface area contributed by atoms with Gasteiger partial charge in [-0.3, -0.25) is 14.5 Å². The molecule has 16 heteroatoms. The minimum atomic E-state index is -0.859. The number of nitrogen functional groups attached to an aromatic ring is 1. The maximum atomic E-state index is 12.3. The summed E-state index contributed by atoms with van der Waals surface area (Å²) in [5.41, 5.74) is 30.3. The van der Waals surface area contributed by atoms with E-state index in [2.05, 4.69) is 152 Å². The first-order chi connectivity index (χ1) is 47.4. The highest BCUT2D eigenvalue weighted by molar-refractivity contribution is 5.81. The number of pyridine rings is 2. The second-order valence-corrected chi connectivity index (χ2v) is 27.4. The Balaban J connectivity index is 0.000000139. The number of nitrogens with one attached hydrogen (secondary N) is 2. The molecule has 0 unspecified atom stereocenters. The normalized spacial score (nSPS) is 20.8. The van der Waals surface area contributed by atoms with Gasteiger partial charge in [0, 0.05) is 43.8 Å². The van der Waals surface area contributed by atoms with Gasteiger partial charge in [0.25, 0.3) is 0 Å². The number of aldehydes is 1. The van der Waals surface area contributed by atoms with Crippen molar-refractivity contribution in [1.82, 2.24) is 45.3 Å². The zero-order valence-electron chi connectivity index (χ0n) is 55.4. The maximum absolute atomic E-state index is 12.3. The number of carbonyl (C=O) groups excluding carboxylic acids is 3. The number of H-pyrrole nitrogens is 1. The van der Waals surface area contributed by atoms with Gasteiger partial charge in [-0.1, -0.05) is 218 Å². The highest BCUT2D eigenvalue weighted by atomic mass is 16.1. The molecule has 6 aliphatic rings. The Hall–Kier alpha value is -10.2. The highest BCUT2D eigenvalue weighted by Crippen LogP contribution is 2.60. The van der Waals surface area contributed by atoms with Crippen LogP contribution in [-0.4, -0.2) is 89.0 Å². The molecule has 0 radical (unpaired) electrons. The van der Waals surface area contributed by atoms with Gasteiger partial charge >= 0.3 is 0 Å². The van der Waals surface area contributed by atoms with Crippen molar-refractivity contribution in [2.75, 3.05) is 31.2 Å². The fourth-order valence-electron chi connectivity index (χ4n) is 17.1. The first-order valence-corrected chi connectivity index (χ1v) is 34.4. The van der Waals surface area contributed by atoms with E-state index in [0.29, 0.717) is 52.1 Å². The summed E-state index contributed by atoms with van der Waals surface area (Å²) in [5, 5.41) is 24.1. The first kappa shape index (κ1) is 65.5. The lowest BCUT2D eigenvalue weighted by Crippen LogP contribution is -2.59. The largest absolute Gasteiger partial charge is 0.384 e. The van der Waals surface area contributed by atoms with Gasteiger partial charge in [0.2, 0.25) is 17.5 Å². The van der Waals surface area contributed by atoms with E-state index >= 15 is 0 Å². The van der Waals surface area contributed by atoms with E-state index < -0.39 is 5.54 Å². The van der Waals surface area contributed by atoms with Crippen molar-refractivity contribution in [2.45, 2.75) is 136 Å². The Kier molecular flexibility index (Phi) is 19.3. The van der Waals surface area contributed by atoms with Crippen molar-refractivity contribution < 1.29 is 14.4 Å². The number of aromatic amines is 1. The van der Waals surface area contributed by atoms with Gasteiger partial charge in [0.1, 0.15) is 34.5 Å². The molecule has 0 aliphatic heterocycles. The average Bonchev–Trinajstić information content (AvgIpc) is 1.72. The van der Waals surface area contributed by atoms with Crippen LogP contribution in [0.25, 0.3) is 22.3 Å². The summed E-state index contributed by atoms with van der Waals surface area (Å²) >= 11 is 0. The van der Waals surface area contributed by atoms with E-state index in [0.717, 1.165) is 103 Å². The number of hydrogen-bond donors (Lipinski definition) is 5. The van der Waals surface area contributed by atoms with E-state index in [1.165, 1.54) is 55.2 Å². The molecule has 4 bridgehead atoms. The summed E-state index contributed by atoms with van der Waals surface area (Å²) in [7, 11) is 1.85. The van der Waals surface area contributed by atoms with Crippen LogP contribution in [0, 0.1) is 5.41 Å². The lowest BCUT2D eigenvalue weighted by atomic mass is 9.51. The third kappa shape index (κ3) is 13.3. The zero-order valence-corrected chi connectivity index (χ0v) is 55.4. The summed E-state index contributed by atoms with van der Waals surface area (Å²) in [4.78, 5) is 47.0. The van der Waals surface area contributed by atoms with E-state index in [9.17, 15) is 14.4 Å². The average molecular weight is 1290 g/mol. The minimum absolute atomic E-state index is 0.00722. The third-order valence-electron chi connectivity index (χ3n) is 22.4. The third-order valence-corrected chi connectivity index (χ3v) is 22.4. The number of anilines is 2. The fraction of sp³-hybridized carbons (Fsp3) is 0.321. The van der Waals surface area contributed by atoms with Crippen LogP contribution in [0.1, 0.15) is 165 Å². The lowest BCUT2D eigenvalue weighted by Gasteiger charge is -2.58. The van der Waals surface area contributed by atoms with Crippen LogP contribution >= 0.6 is 0 Å². The van der Waals surface area contributed by atoms with Crippen molar-refractivity contribution in [3.63, 3.8) is 0 Å². The number of carbonyl (C=O) groups is 3. The van der Waals surface area contributed by atoms with Crippen LogP contribution in [0.3, 0.4) is 0 Å². The summed E-state index contributed by atoms with van der Waals surface area (Å²) in [6.07, 6.45) is 18.0. The number of rotatable bonds is 22. The van der Waals surface area contributed by atoms with Crippen LogP contribution in [0.5, 0.6) is 0 Å². The highest BCUT2D eigenvalue weighted by Gasteiger charge is 2.53. The Labute approximate surface area is 567 Å². The molecule has 4 aromatic heterocycles. The molecule has 97 heavy (non-hydrogen) atoms. The number of primary amides is 2. The molecule has 6 aliphatic carbocycles. The molecule has 2 amide bonds. The topological polar surface area (TPSA) is 243 Å². The van der Waals surface area contributed by atoms with Gasteiger partial charge in [-0.2, -0.15) is 10.3 Å². The van der Waals surface area contributed by atoms with Crippen molar-refractivity contribution >= 4 is 52.1 Å². The fourth-order valence-corrected chi connectivity index (χ4v) is 17.1. The zero-order chi connectivity index (χ0) is 66.9. The molecule has 0 spiro atoms. The summed E-state index contributed by atoms with van der Waals surface area (Å²) in [6, 6.07) is 77.4. The van der Waals surface area contributed by atoms with Crippen molar-refractivity contribution in [3.05, 3.63) is 275 Å². The Morgan fingerprint density at radius 2 is 1.04 bits per heavy atom. The van der Waals surface area contributed by atoms with Gasteiger partial charge in [0.05, 0.1) is 6.54 Å². The molecule has 11 aromatic rings. The van der Waals surface area contributed by atoms with Crippen LogP contribution in [-0.2, 0) is 30.8 Å². The van der Waals surface area contributed by atoms with Crippen LogP contribution in [0.15, 0.2) is 224 Å². The second-order valence-electron chi connectivity index (χ2n) is 27.4. The molecule has 8 N–H and O–H groups in total. The van der Waals surface area contributed by atoms with E-state index in [-0.39, 0.29) is 41.1 Å². The minimum Gasteiger partial charge on any atom is -0.384 e. The molecule has 16 nitrogen and oxygen atoms in total. The van der Waals surface area contributed by atoms with Crippen molar-refractivity contribution in [1.29, 1.82) is 0 Å². The number of fused-ring (bicyclic) bond motifs is 8. The number of nitrogens with zero attached hydrogens (tertiary/aromatic N) is 8. The van der Waals surface area contributed by atoms with E-state index in [1.807, 2.05) is 115 Å². The van der Waals surface area contributed by atoms with Gasteiger partial charge in [0.15, 0.2) is 5.65 Å². The molecule has 2 atom stereocenters. The molecule has 6 saturated carbocycles. The Morgan fingerprint density at radius 1 is 0.577 bits per heavy atom. The van der Waals surface area contributed by atoms with Crippen LogP contribution < -0.4 is 22.5 Å². The SMILES string of the molecule is CNc1cc([C@H](CC=O)c2ccccc2)c2nnn(C(c3ccccc3)(c3ccccc3)c3ccccc3)c2n1.NC(=O)CCC12CCC(c3ccccc3)(CC1)CC2.NC(=O)CN(CC[C@H](c1ccccc1)c1cc(N)nc2n[nH]nc12)C12CCC(c3ccccc3)(CC1)CC2. The summed E-state index contributed by atoms with van der Waals surface area (Å²) < 4.78 is 1.94. The molecule has 494 valence electrons. The van der Waals surface area contributed by atoms with Crippen molar-refractivity contribution in [3.8, 4) is 0 Å². The molecule has 0 saturated heterocycles. The van der Waals surface area contributed by atoms with Gasteiger partial charge in [-0.05, 0) is 168 Å². The molecular weight excluding hydrogens is 1200 g/mol. The van der Waals surface area contributed by atoms with Crippen LogP contribution in [0.4, 0.5) is 11.6 Å². The smallest absolute Gasteiger partial charge is 0.231 e. The van der Waals surface area contributed by atoms with Gasteiger partial charge in [-0.15, -0.1) is 10.2 Å². The van der Waals surface area contributed by atoms with Gasteiger partial charge < -0.3 is 27.3 Å². The monoisotopic (exact) mass is 1290 g/mol. The number of amides is 2. The Bertz CT molecular complexity index is 4290. The summed E-state index contributed by atoms with van der Waals surface area (Å²) in [5.74, 6) is 0.526. The summed E-state index contributed by atoms with van der Waals surface area (Å²) in [6.45, 7) is 1.03. The second kappa shape index (κ2) is 28.6. The predicted octanol–water partition coefficient (Wildman–Crippen LogP) is 14.3. The quantitative estimate of drug-likeness (QED) is 0.0314. The molecule has 4 heterocycles. The molecule has 17 rings (SSSR count). The predicted molar refractivity (Wildman–Crippen MR) is 383 cm³/mol. The maximum Gasteiger partial charge on any atom is 0.231 e.